The third-order valence-electron chi connectivity index (χ3n) is 2.83. The molecule has 0 aliphatic heterocycles. The Hall–Kier alpha value is -0.750. The Morgan fingerprint density at radius 2 is 2.21 bits per heavy atom. The lowest BCUT2D eigenvalue weighted by Crippen LogP contribution is -2.23. The maximum atomic E-state index is 9.31. The Labute approximate surface area is 122 Å². The van der Waals surface area contributed by atoms with Crippen molar-refractivity contribution in [2.75, 3.05) is 6.54 Å². The van der Waals surface area contributed by atoms with E-state index in [1.165, 1.54) is 4.88 Å². The first kappa shape index (κ1) is 14.7. The van der Waals surface area contributed by atoms with Crippen LogP contribution < -0.4 is 5.32 Å². The van der Waals surface area contributed by atoms with Crippen LogP contribution in [0.25, 0.3) is 9.88 Å². The average molecular weight is 296 g/mol. The predicted molar refractivity (Wildman–Crippen MR) is 82.6 cm³/mol. The molecule has 0 spiro atoms. The number of hydrogen-bond acceptors (Lipinski definition) is 5. The fourth-order valence-corrected chi connectivity index (χ4v) is 3.65. The van der Waals surface area contributed by atoms with Crippen molar-refractivity contribution in [2.24, 2.45) is 5.92 Å². The van der Waals surface area contributed by atoms with E-state index in [1.807, 2.05) is 6.92 Å². The highest BCUT2D eigenvalue weighted by Crippen LogP contribution is 2.27. The van der Waals surface area contributed by atoms with E-state index in [1.54, 1.807) is 22.7 Å². The third-order valence-corrected chi connectivity index (χ3v) is 4.76. The van der Waals surface area contributed by atoms with Gasteiger partial charge in [-0.2, -0.15) is 0 Å². The highest BCUT2D eigenvalue weighted by molar-refractivity contribution is 7.20. The van der Waals surface area contributed by atoms with E-state index >= 15 is 0 Å². The summed E-state index contributed by atoms with van der Waals surface area (Å²) in [6.45, 7) is 5.70. The zero-order valence-electron chi connectivity index (χ0n) is 11.3. The minimum atomic E-state index is -0.221. The molecular weight excluding hydrogens is 276 g/mol. The second kappa shape index (κ2) is 7.14. The molecule has 0 aliphatic rings. The summed E-state index contributed by atoms with van der Waals surface area (Å²) in [6.07, 6.45) is 0.617. The van der Waals surface area contributed by atoms with Crippen molar-refractivity contribution in [3.8, 4) is 9.88 Å². The molecule has 0 fully saturated rings. The molecule has 0 saturated heterocycles. The molecule has 0 saturated carbocycles. The van der Waals surface area contributed by atoms with Gasteiger partial charge in [-0.1, -0.05) is 13.0 Å². The number of nitrogens with one attached hydrogen (secondary N) is 1. The quantitative estimate of drug-likeness (QED) is 0.823. The lowest BCUT2D eigenvalue weighted by molar-refractivity contribution is 0.163. The Morgan fingerprint density at radius 1 is 1.37 bits per heavy atom. The maximum absolute atomic E-state index is 9.31. The van der Waals surface area contributed by atoms with Crippen LogP contribution >= 0.6 is 22.7 Å². The van der Waals surface area contributed by atoms with Crippen LogP contribution in [0.4, 0.5) is 0 Å². The van der Waals surface area contributed by atoms with Gasteiger partial charge in [0, 0.05) is 11.9 Å². The van der Waals surface area contributed by atoms with Crippen molar-refractivity contribution in [1.29, 1.82) is 0 Å². The molecular formula is C14H20N2OS2. The zero-order valence-corrected chi connectivity index (χ0v) is 12.9. The van der Waals surface area contributed by atoms with E-state index in [-0.39, 0.29) is 6.10 Å². The van der Waals surface area contributed by atoms with E-state index in [9.17, 15) is 5.11 Å². The standard InChI is InChI=1S/C14H20N2OS2/c1-10(6-11(2)17)7-15-8-12-9-19-14(16-12)13-4-3-5-18-13/h3-5,9-11,15,17H,6-8H2,1-2H3. The fourth-order valence-electron chi connectivity index (χ4n) is 2.01. The first-order valence-corrected chi connectivity index (χ1v) is 8.28. The summed E-state index contributed by atoms with van der Waals surface area (Å²) < 4.78 is 0. The van der Waals surface area contributed by atoms with Crippen molar-refractivity contribution >= 4 is 22.7 Å². The molecule has 0 amide bonds. The Bertz CT molecular complexity index is 479. The van der Waals surface area contributed by atoms with Crippen molar-refractivity contribution in [1.82, 2.24) is 10.3 Å². The van der Waals surface area contributed by atoms with E-state index in [2.05, 4.69) is 40.1 Å². The van der Waals surface area contributed by atoms with Gasteiger partial charge in [0.05, 0.1) is 16.7 Å². The molecule has 19 heavy (non-hydrogen) atoms. The number of nitrogens with zero attached hydrogens (tertiary/aromatic N) is 1. The van der Waals surface area contributed by atoms with Crippen LogP contribution in [0.2, 0.25) is 0 Å². The van der Waals surface area contributed by atoms with Gasteiger partial charge in [0.1, 0.15) is 5.01 Å². The number of aliphatic hydroxyl groups excluding tert-OH is 1. The average Bonchev–Trinajstić information content (AvgIpc) is 2.97. The summed E-state index contributed by atoms with van der Waals surface area (Å²) in [5.74, 6) is 0.482. The van der Waals surface area contributed by atoms with Crippen LogP contribution in [-0.4, -0.2) is 22.7 Å². The molecule has 3 nitrogen and oxygen atoms in total. The molecule has 2 atom stereocenters. The fraction of sp³-hybridized carbons (Fsp3) is 0.500. The van der Waals surface area contributed by atoms with E-state index in [0.29, 0.717) is 5.92 Å². The minimum Gasteiger partial charge on any atom is -0.393 e. The molecule has 0 bridgehead atoms. The molecule has 2 rings (SSSR count). The second-order valence-corrected chi connectivity index (χ2v) is 6.75. The van der Waals surface area contributed by atoms with Crippen molar-refractivity contribution < 1.29 is 5.11 Å². The number of thiophene rings is 1. The molecule has 0 radical (unpaired) electrons. The van der Waals surface area contributed by atoms with Crippen LogP contribution in [0.5, 0.6) is 0 Å². The number of rotatable bonds is 7. The van der Waals surface area contributed by atoms with Gasteiger partial charge < -0.3 is 10.4 Å². The molecule has 2 heterocycles. The molecule has 2 aromatic rings. The van der Waals surface area contributed by atoms with Crippen LogP contribution in [-0.2, 0) is 6.54 Å². The van der Waals surface area contributed by atoms with Gasteiger partial charge >= 0.3 is 0 Å². The van der Waals surface area contributed by atoms with Crippen molar-refractivity contribution in [3.63, 3.8) is 0 Å². The first-order chi connectivity index (χ1) is 9.15. The maximum Gasteiger partial charge on any atom is 0.133 e. The Kier molecular flexibility index (Phi) is 5.51. The highest BCUT2D eigenvalue weighted by Gasteiger charge is 2.08. The van der Waals surface area contributed by atoms with Gasteiger partial charge in [0.25, 0.3) is 0 Å². The minimum absolute atomic E-state index is 0.221. The highest BCUT2D eigenvalue weighted by atomic mass is 32.1. The number of hydrogen-bond donors (Lipinski definition) is 2. The largest absolute Gasteiger partial charge is 0.393 e. The van der Waals surface area contributed by atoms with E-state index in [4.69, 9.17) is 0 Å². The lowest BCUT2D eigenvalue weighted by Gasteiger charge is -2.13. The summed E-state index contributed by atoms with van der Waals surface area (Å²) in [7, 11) is 0. The summed E-state index contributed by atoms with van der Waals surface area (Å²) >= 11 is 3.42. The summed E-state index contributed by atoms with van der Waals surface area (Å²) in [5, 5.41) is 18.0. The molecule has 104 valence electrons. The van der Waals surface area contributed by atoms with Crippen LogP contribution in [0.15, 0.2) is 22.9 Å². The van der Waals surface area contributed by atoms with Crippen LogP contribution in [0, 0.1) is 5.92 Å². The Balaban J connectivity index is 1.78. The molecule has 2 unspecified atom stereocenters. The topological polar surface area (TPSA) is 45.1 Å². The SMILES string of the molecule is CC(O)CC(C)CNCc1csc(-c2cccs2)n1. The van der Waals surface area contributed by atoms with Crippen molar-refractivity contribution in [2.45, 2.75) is 32.9 Å². The Morgan fingerprint density at radius 3 is 2.89 bits per heavy atom. The zero-order chi connectivity index (χ0) is 13.7. The van der Waals surface area contributed by atoms with E-state index < -0.39 is 0 Å². The third kappa shape index (κ3) is 4.69. The predicted octanol–water partition coefficient (Wildman–Crippen LogP) is 3.37. The first-order valence-electron chi connectivity index (χ1n) is 6.52. The summed E-state index contributed by atoms with van der Waals surface area (Å²) in [6, 6.07) is 4.16. The van der Waals surface area contributed by atoms with Gasteiger partial charge in [0.2, 0.25) is 0 Å². The van der Waals surface area contributed by atoms with Gasteiger partial charge in [-0.05, 0) is 37.3 Å². The number of aliphatic hydroxyl groups is 1. The van der Waals surface area contributed by atoms with Crippen LogP contribution in [0.1, 0.15) is 26.0 Å². The van der Waals surface area contributed by atoms with Gasteiger partial charge in [-0.3, -0.25) is 0 Å². The van der Waals surface area contributed by atoms with Crippen molar-refractivity contribution in [3.05, 3.63) is 28.6 Å². The normalized spacial score (nSPS) is 14.5. The second-order valence-electron chi connectivity index (χ2n) is 4.94. The number of thiazole rings is 1. The van der Waals surface area contributed by atoms with Gasteiger partial charge in [-0.15, -0.1) is 22.7 Å². The van der Waals surface area contributed by atoms with E-state index in [0.717, 1.165) is 30.2 Å². The summed E-state index contributed by atoms with van der Waals surface area (Å²) in [4.78, 5) is 5.86. The monoisotopic (exact) mass is 296 g/mol. The molecule has 5 heteroatoms. The molecule has 0 aliphatic carbocycles. The van der Waals surface area contributed by atoms with Gasteiger partial charge in [0.15, 0.2) is 0 Å². The molecule has 2 N–H and O–H groups in total. The lowest BCUT2D eigenvalue weighted by atomic mass is 10.1. The molecule has 2 aromatic heterocycles. The number of aromatic nitrogens is 1. The molecule has 0 aromatic carbocycles. The van der Waals surface area contributed by atoms with Gasteiger partial charge in [-0.25, -0.2) is 4.98 Å². The van der Waals surface area contributed by atoms with Crippen LogP contribution in [0.3, 0.4) is 0 Å². The summed E-state index contributed by atoms with van der Waals surface area (Å²) in [5.41, 5.74) is 1.10. The smallest absolute Gasteiger partial charge is 0.133 e.